The van der Waals surface area contributed by atoms with Crippen LogP contribution in [-0.4, -0.2) is 46.6 Å². The number of morpholine rings is 1. The van der Waals surface area contributed by atoms with E-state index in [0.717, 1.165) is 5.75 Å². The Hall–Kier alpha value is -1.92. The number of benzene rings is 1. The lowest BCUT2D eigenvalue weighted by molar-refractivity contribution is -0.136. The molecule has 1 aliphatic rings. The molecule has 0 bridgehead atoms. The normalized spacial score (nSPS) is 20.3. The number of rotatable bonds is 4. The number of hydrogen-bond donors (Lipinski definition) is 0. The predicted molar refractivity (Wildman–Crippen MR) is 88.9 cm³/mol. The number of nitrogens with zero attached hydrogens (tertiary/aromatic N) is 2. The van der Waals surface area contributed by atoms with Gasteiger partial charge >= 0.3 is 0 Å². The second kappa shape index (κ2) is 6.68. The van der Waals surface area contributed by atoms with Crippen molar-refractivity contribution in [1.29, 1.82) is 0 Å². The molecule has 0 unspecified atom stereocenters. The number of carbonyl (C=O) groups excluding carboxylic acids is 1. The Morgan fingerprint density at radius 2 is 2.17 bits per heavy atom. The lowest BCUT2D eigenvalue weighted by atomic mass is 10.0. The third-order valence-corrected chi connectivity index (χ3v) is 4.16. The smallest absolute Gasteiger partial charge is 0.273 e. The first kappa shape index (κ1) is 16.0. The average Bonchev–Trinajstić information content (AvgIpc) is 3.06. The molecule has 2 aromatic rings. The van der Waals surface area contributed by atoms with Gasteiger partial charge in [-0.2, -0.15) is 4.37 Å². The molecule has 1 aliphatic heterocycles. The van der Waals surface area contributed by atoms with E-state index in [0.29, 0.717) is 25.4 Å². The highest BCUT2D eigenvalue weighted by atomic mass is 32.1. The summed E-state index contributed by atoms with van der Waals surface area (Å²) < 4.78 is 16.0. The summed E-state index contributed by atoms with van der Waals surface area (Å²) in [6.07, 6.45) is -0.165. The van der Waals surface area contributed by atoms with E-state index in [1.165, 1.54) is 11.5 Å². The van der Waals surface area contributed by atoms with Crippen LogP contribution in [0.2, 0.25) is 0 Å². The molecule has 23 heavy (non-hydrogen) atoms. The largest absolute Gasteiger partial charge is 0.491 e. The fourth-order valence-electron chi connectivity index (χ4n) is 2.73. The summed E-state index contributed by atoms with van der Waals surface area (Å²) in [7, 11) is 0. The summed E-state index contributed by atoms with van der Waals surface area (Å²) >= 11 is 1.29. The standard InChI is InChI=1S/C17H20N2O3S/c1-17(2)12-19(16(20)15-8-9-23-18-15)10-14(22-17)11-21-13-6-4-3-5-7-13/h3-9,14H,10-12H2,1-2H3/t14-/m1/s1. The van der Waals surface area contributed by atoms with Crippen LogP contribution in [0.3, 0.4) is 0 Å². The van der Waals surface area contributed by atoms with Crippen molar-refractivity contribution in [2.45, 2.75) is 25.6 Å². The minimum atomic E-state index is -0.408. The Morgan fingerprint density at radius 3 is 2.87 bits per heavy atom. The minimum absolute atomic E-state index is 0.0488. The van der Waals surface area contributed by atoms with Gasteiger partial charge in [0.2, 0.25) is 0 Å². The van der Waals surface area contributed by atoms with Crippen molar-refractivity contribution in [1.82, 2.24) is 9.27 Å². The number of aromatic nitrogens is 1. The fraction of sp³-hybridized carbons (Fsp3) is 0.412. The highest BCUT2D eigenvalue weighted by molar-refractivity contribution is 7.03. The molecule has 0 N–H and O–H groups in total. The van der Waals surface area contributed by atoms with E-state index >= 15 is 0 Å². The lowest BCUT2D eigenvalue weighted by Gasteiger charge is -2.42. The molecule has 0 radical (unpaired) electrons. The van der Waals surface area contributed by atoms with Crippen LogP contribution in [0, 0.1) is 0 Å². The molecule has 1 atom stereocenters. The molecule has 1 aromatic heterocycles. The van der Waals surface area contributed by atoms with Gasteiger partial charge in [-0.05, 0) is 43.6 Å². The summed E-state index contributed by atoms with van der Waals surface area (Å²) in [6.45, 7) is 5.44. The average molecular weight is 332 g/mol. The van der Waals surface area contributed by atoms with Gasteiger partial charge in [-0.25, -0.2) is 0 Å². The van der Waals surface area contributed by atoms with E-state index in [4.69, 9.17) is 9.47 Å². The Labute approximate surface area is 140 Å². The number of hydrogen-bond acceptors (Lipinski definition) is 5. The number of ether oxygens (including phenoxy) is 2. The monoisotopic (exact) mass is 332 g/mol. The molecule has 1 saturated heterocycles. The first-order valence-electron chi connectivity index (χ1n) is 7.59. The molecular formula is C17H20N2O3S. The Balaban J connectivity index is 1.65. The summed E-state index contributed by atoms with van der Waals surface area (Å²) in [6, 6.07) is 11.4. The van der Waals surface area contributed by atoms with Gasteiger partial charge in [0.15, 0.2) is 0 Å². The van der Waals surface area contributed by atoms with Crippen LogP contribution in [0.4, 0.5) is 0 Å². The molecule has 1 fully saturated rings. The number of amides is 1. The minimum Gasteiger partial charge on any atom is -0.491 e. The van der Waals surface area contributed by atoms with E-state index in [1.807, 2.05) is 49.6 Å². The van der Waals surface area contributed by atoms with Crippen LogP contribution in [0.15, 0.2) is 41.8 Å². The molecule has 5 nitrogen and oxygen atoms in total. The maximum Gasteiger partial charge on any atom is 0.273 e. The van der Waals surface area contributed by atoms with Crippen molar-refractivity contribution >= 4 is 17.4 Å². The molecule has 0 spiro atoms. The zero-order chi connectivity index (χ0) is 16.3. The molecule has 0 saturated carbocycles. The maximum atomic E-state index is 12.5. The topological polar surface area (TPSA) is 51.7 Å². The number of para-hydroxylation sites is 1. The van der Waals surface area contributed by atoms with Gasteiger partial charge in [0.05, 0.1) is 12.1 Å². The van der Waals surface area contributed by atoms with Gasteiger partial charge in [-0.1, -0.05) is 18.2 Å². The summed E-state index contributed by atoms with van der Waals surface area (Å²) in [5.74, 6) is 0.754. The van der Waals surface area contributed by atoms with Crippen LogP contribution in [-0.2, 0) is 4.74 Å². The van der Waals surface area contributed by atoms with E-state index < -0.39 is 5.60 Å². The van der Waals surface area contributed by atoms with Crippen molar-refractivity contribution in [3.63, 3.8) is 0 Å². The molecule has 1 amide bonds. The van der Waals surface area contributed by atoms with E-state index in [-0.39, 0.29) is 12.0 Å². The van der Waals surface area contributed by atoms with E-state index in [1.54, 1.807) is 11.0 Å². The Morgan fingerprint density at radius 1 is 1.39 bits per heavy atom. The summed E-state index contributed by atoms with van der Waals surface area (Å²) in [5.41, 5.74) is 0.0877. The van der Waals surface area contributed by atoms with Crippen molar-refractivity contribution in [2.24, 2.45) is 0 Å². The summed E-state index contributed by atoms with van der Waals surface area (Å²) in [5, 5.41) is 1.81. The predicted octanol–water partition coefficient (Wildman–Crippen LogP) is 2.84. The number of carbonyl (C=O) groups is 1. The fourth-order valence-corrected chi connectivity index (χ4v) is 3.23. The van der Waals surface area contributed by atoms with Crippen molar-refractivity contribution in [3.05, 3.63) is 47.5 Å². The highest BCUT2D eigenvalue weighted by Gasteiger charge is 2.36. The highest BCUT2D eigenvalue weighted by Crippen LogP contribution is 2.23. The lowest BCUT2D eigenvalue weighted by Crippen LogP contribution is -2.56. The van der Waals surface area contributed by atoms with Gasteiger partial charge in [-0.15, -0.1) is 0 Å². The SMILES string of the molecule is CC1(C)CN(C(=O)c2ccsn2)C[C@H](COc2ccccc2)O1. The zero-order valence-electron chi connectivity index (χ0n) is 13.3. The van der Waals surface area contributed by atoms with E-state index in [2.05, 4.69) is 4.37 Å². The molecule has 122 valence electrons. The Kier molecular flexibility index (Phi) is 4.63. The van der Waals surface area contributed by atoms with Crippen LogP contribution >= 0.6 is 11.5 Å². The summed E-state index contributed by atoms with van der Waals surface area (Å²) in [4.78, 5) is 14.3. The van der Waals surface area contributed by atoms with Gasteiger partial charge in [0, 0.05) is 11.9 Å². The van der Waals surface area contributed by atoms with Gasteiger partial charge in [0.25, 0.3) is 5.91 Å². The van der Waals surface area contributed by atoms with Crippen molar-refractivity contribution < 1.29 is 14.3 Å². The van der Waals surface area contributed by atoms with Crippen LogP contribution in [0.1, 0.15) is 24.3 Å². The van der Waals surface area contributed by atoms with Crippen LogP contribution in [0.5, 0.6) is 5.75 Å². The molecular weight excluding hydrogens is 312 g/mol. The molecule has 0 aliphatic carbocycles. The van der Waals surface area contributed by atoms with Crippen molar-refractivity contribution in [3.8, 4) is 5.75 Å². The van der Waals surface area contributed by atoms with Gasteiger partial charge < -0.3 is 14.4 Å². The van der Waals surface area contributed by atoms with Crippen LogP contribution < -0.4 is 4.74 Å². The third-order valence-electron chi connectivity index (χ3n) is 3.60. The van der Waals surface area contributed by atoms with Gasteiger partial charge in [-0.3, -0.25) is 4.79 Å². The third kappa shape index (κ3) is 4.09. The maximum absolute atomic E-state index is 12.5. The second-order valence-corrected chi connectivity index (χ2v) is 6.86. The first-order chi connectivity index (χ1) is 11.0. The first-order valence-corrected chi connectivity index (χ1v) is 8.42. The molecule has 3 rings (SSSR count). The Bertz CT molecular complexity index is 643. The molecule has 6 heteroatoms. The van der Waals surface area contributed by atoms with Gasteiger partial charge in [0.1, 0.15) is 24.2 Å². The molecule has 1 aromatic carbocycles. The van der Waals surface area contributed by atoms with Crippen molar-refractivity contribution in [2.75, 3.05) is 19.7 Å². The van der Waals surface area contributed by atoms with Crippen LogP contribution in [0.25, 0.3) is 0 Å². The van der Waals surface area contributed by atoms with E-state index in [9.17, 15) is 4.79 Å². The quantitative estimate of drug-likeness (QED) is 0.864. The molecule has 2 heterocycles. The zero-order valence-corrected chi connectivity index (χ0v) is 14.1. The second-order valence-electron chi connectivity index (χ2n) is 6.19.